The zero-order valence-electron chi connectivity index (χ0n) is 15.6. The molecule has 0 atom stereocenters. The summed E-state index contributed by atoms with van der Waals surface area (Å²) in [6, 6.07) is 5.65. The highest BCUT2D eigenvalue weighted by molar-refractivity contribution is 5.98. The van der Waals surface area contributed by atoms with E-state index in [9.17, 15) is 9.59 Å². The number of hydrogen-bond acceptors (Lipinski definition) is 3. The quantitative estimate of drug-likeness (QED) is 0.771. The maximum Gasteiger partial charge on any atom is 0.253 e. The van der Waals surface area contributed by atoms with Crippen LogP contribution < -0.4 is 5.32 Å². The van der Waals surface area contributed by atoms with E-state index < -0.39 is 0 Å². The van der Waals surface area contributed by atoms with E-state index in [-0.39, 0.29) is 24.2 Å². The lowest BCUT2D eigenvalue weighted by atomic mass is 10.00. The number of hydrogen-bond donors (Lipinski definition) is 1. The molecule has 1 aromatic carbocycles. The Hall–Kier alpha value is -1.59. The van der Waals surface area contributed by atoms with Crippen molar-refractivity contribution in [2.75, 3.05) is 38.0 Å². The number of carbonyl (C=O) groups excluding carboxylic acids is 2. The topological polar surface area (TPSA) is 52.7 Å². The van der Waals surface area contributed by atoms with Crippen molar-refractivity contribution >= 4 is 29.9 Å². The Kier molecular flexibility index (Phi) is 7.91. The fourth-order valence-corrected chi connectivity index (χ4v) is 3.64. The predicted octanol–water partition coefficient (Wildman–Crippen LogP) is 3.33. The number of carbonyl (C=O) groups is 2. The van der Waals surface area contributed by atoms with Gasteiger partial charge in [0.15, 0.2) is 0 Å². The van der Waals surface area contributed by atoms with Crippen molar-refractivity contribution in [3.05, 3.63) is 29.3 Å². The molecule has 2 amide bonds. The number of amides is 2. The second kappa shape index (κ2) is 9.93. The minimum atomic E-state index is 0. The van der Waals surface area contributed by atoms with Crippen LogP contribution in [0.4, 0.5) is 5.69 Å². The molecule has 2 heterocycles. The average molecular weight is 380 g/mol. The van der Waals surface area contributed by atoms with Gasteiger partial charge in [-0.1, -0.05) is 26.2 Å². The Morgan fingerprint density at radius 1 is 1.08 bits per heavy atom. The molecule has 2 aliphatic heterocycles. The van der Waals surface area contributed by atoms with Crippen LogP contribution >= 0.6 is 12.4 Å². The first-order valence-corrected chi connectivity index (χ1v) is 9.62. The van der Waals surface area contributed by atoms with Crippen LogP contribution in [0, 0.1) is 0 Å². The van der Waals surface area contributed by atoms with Crippen LogP contribution in [-0.4, -0.2) is 54.3 Å². The molecule has 0 aliphatic carbocycles. The van der Waals surface area contributed by atoms with Gasteiger partial charge in [-0.15, -0.1) is 12.4 Å². The summed E-state index contributed by atoms with van der Waals surface area (Å²) in [5.74, 6) is 0.173. The van der Waals surface area contributed by atoms with Gasteiger partial charge in [-0.2, -0.15) is 0 Å². The van der Waals surface area contributed by atoms with E-state index in [1.807, 2.05) is 23.1 Å². The van der Waals surface area contributed by atoms with Gasteiger partial charge in [0.25, 0.3) is 5.91 Å². The van der Waals surface area contributed by atoms with Crippen molar-refractivity contribution in [2.45, 2.75) is 45.4 Å². The molecular weight excluding hydrogens is 350 g/mol. The molecule has 0 radical (unpaired) electrons. The van der Waals surface area contributed by atoms with Crippen LogP contribution in [0.3, 0.4) is 0 Å². The number of anilines is 1. The summed E-state index contributed by atoms with van der Waals surface area (Å²) in [4.78, 5) is 28.7. The lowest BCUT2D eigenvalue weighted by molar-refractivity contribution is -0.116. The third-order valence-electron chi connectivity index (χ3n) is 5.24. The Morgan fingerprint density at radius 2 is 1.85 bits per heavy atom. The van der Waals surface area contributed by atoms with Gasteiger partial charge in [-0.3, -0.25) is 14.5 Å². The van der Waals surface area contributed by atoms with Crippen LogP contribution in [0.5, 0.6) is 0 Å². The fourth-order valence-electron chi connectivity index (χ4n) is 3.64. The maximum absolute atomic E-state index is 12.8. The molecule has 1 aromatic rings. The van der Waals surface area contributed by atoms with Crippen LogP contribution in [0.2, 0.25) is 0 Å². The van der Waals surface area contributed by atoms with Gasteiger partial charge in [-0.25, -0.2) is 0 Å². The molecule has 2 aliphatic rings. The van der Waals surface area contributed by atoms with Crippen molar-refractivity contribution in [3.8, 4) is 0 Å². The fraction of sp³-hybridized carbons (Fsp3) is 0.600. The summed E-state index contributed by atoms with van der Waals surface area (Å²) in [5, 5.41) is 2.87. The summed E-state index contributed by atoms with van der Waals surface area (Å²) in [6.07, 6.45) is 6.37. The zero-order valence-corrected chi connectivity index (χ0v) is 16.4. The lowest BCUT2D eigenvalue weighted by Gasteiger charge is -2.35. The third kappa shape index (κ3) is 5.21. The monoisotopic (exact) mass is 379 g/mol. The lowest BCUT2D eigenvalue weighted by Crippen LogP contribution is -2.48. The van der Waals surface area contributed by atoms with Gasteiger partial charge in [0.05, 0.1) is 0 Å². The molecule has 5 nitrogen and oxygen atoms in total. The first-order valence-electron chi connectivity index (χ1n) is 9.62. The molecular formula is C20H30ClN3O2. The van der Waals surface area contributed by atoms with Crippen molar-refractivity contribution in [2.24, 2.45) is 0 Å². The molecule has 1 N–H and O–H groups in total. The molecule has 1 saturated heterocycles. The zero-order chi connectivity index (χ0) is 17.6. The Labute approximate surface area is 162 Å². The minimum Gasteiger partial charge on any atom is -0.336 e. The minimum absolute atomic E-state index is 0. The molecule has 1 fully saturated rings. The number of halogens is 1. The molecule has 0 spiro atoms. The molecule has 6 heteroatoms. The summed E-state index contributed by atoms with van der Waals surface area (Å²) in [7, 11) is 0. The smallest absolute Gasteiger partial charge is 0.253 e. The molecule has 26 heavy (non-hydrogen) atoms. The van der Waals surface area contributed by atoms with Crippen LogP contribution in [0.25, 0.3) is 0 Å². The number of aryl methyl sites for hydroxylation is 1. The van der Waals surface area contributed by atoms with Gasteiger partial charge in [-0.05, 0) is 43.1 Å². The molecule has 3 rings (SSSR count). The van der Waals surface area contributed by atoms with Crippen molar-refractivity contribution in [1.82, 2.24) is 9.80 Å². The Balaban J connectivity index is 0.00000243. The van der Waals surface area contributed by atoms with Crippen LogP contribution in [-0.2, 0) is 11.2 Å². The highest BCUT2D eigenvalue weighted by atomic mass is 35.5. The number of unbranched alkanes of at least 4 members (excludes halogenated alkanes) is 3. The third-order valence-corrected chi connectivity index (χ3v) is 5.24. The van der Waals surface area contributed by atoms with Crippen molar-refractivity contribution in [1.29, 1.82) is 0 Å². The number of nitrogens with one attached hydrogen (secondary N) is 1. The van der Waals surface area contributed by atoms with E-state index in [1.165, 1.54) is 25.7 Å². The van der Waals surface area contributed by atoms with Gasteiger partial charge in [0.1, 0.15) is 0 Å². The van der Waals surface area contributed by atoms with E-state index in [1.54, 1.807) is 0 Å². The normalized spacial score (nSPS) is 17.3. The SMILES string of the molecule is CCCCCCN1CCN(C(=O)c2ccc3c(c2)CCC(=O)N3)CC1.Cl. The van der Waals surface area contributed by atoms with E-state index in [4.69, 9.17) is 0 Å². The second-order valence-electron chi connectivity index (χ2n) is 7.11. The number of nitrogens with zero attached hydrogens (tertiary/aromatic N) is 2. The van der Waals surface area contributed by atoms with Crippen LogP contribution in [0.15, 0.2) is 18.2 Å². The van der Waals surface area contributed by atoms with E-state index >= 15 is 0 Å². The van der Waals surface area contributed by atoms with Gasteiger partial charge >= 0.3 is 0 Å². The average Bonchev–Trinajstić information content (AvgIpc) is 2.65. The summed E-state index contributed by atoms with van der Waals surface area (Å²) in [5.41, 5.74) is 2.66. The van der Waals surface area contributed by atoms with E-state index in [2.05, 4.69) is 17.1 Å². The molecule has 0 bridgehead atoms. The van der Waals surface area contributed by atoms with Gasteiger partial charge in [0.2, 0.25) is 5.91 Å². The van der Waals surface area contributed by atoms with E-state index in [0.717, 1.165) is 49.5 Å². The highest BCUT2D eigenvalue weighted by Crippen LogP contribution is 2.24. The van der Waals surface area contributed by atoms with Crippen LogP contribution in [0.1, 0.15) is 54.9 Å². The highest BCUT2D eigenvalue weighted by Gasteiger charge is 2.23. The first kappa shape index (κ1) is 20.7. The Bertz CT molecular complexity index is 627. The number of piperazine rings is 1. The molecule has 0 saturated carbocycles. The largest absolute Gasteiger partial charge is 0.336 e. The molecule has 144 valence electrons. The predicted molar refractivity (Wildman–Crippen MR) is 107 cm³/mol. The number of fused-ring (bicyclic) bond motifs is 1. The summed E-state index contributed by atoms with van der Waals surface area (Å²) >= 11 is 0. The van der Waals surface area contributed by atoms with Crippen molar-refractivity contribution in [3.63, 3.8) is 0 Å². The standard InChI is InChI=1S/C20H29N3O2.ClH/c1-2-3-4-5-10-22-11-13-23(14-12-22)20(25)17-6-8-18-16(15-17)7-9-19(24)21-18;/h6,8,15H,2-5,7,9-14H2,1H3,(H,21,24);1H. The van der Waals surface area contributed by atoms with E-state index in [0.29, 0.717) is 12.8 Å². The van der Waals surface area contributed by atoms with Crippen molar-refractivity contribution < 1.29 is 9.59 Å². The maximum atomic E-state index is 12.8. The summed E-state index contributed by atoms with van der Waals surface area (Å²) in [6.45, 7) is 6.94. The number of benzene rings is 1. The summed E-state index contributed by atoms with van der Waals surface area (Å²) < 4.78 is 0. The second-order valence-corrected chi connectivity index (χ2v) is 7.11. The van der Waals surface area contributed by atoms with Gasteiger partial charge in [0, 0.05) is 43.9 Å². The molecule has 0 unspecified atom stereocenters. The van der Waals surface area contributed by atoms with Gasteiger partial charge < -0.3 is 10.2 Å². The molecule has 0 aromatic heterocycles. The Morgan fingerprint density at radius 3 is 2.58 bits per heavy atom. The number of rotatable bonds is 6. The first-order chi connectivity index (χ1) is 12.2.